The topological polar surface area (TPSA) is 47.4 Å². The summed E-state index contributed by atoms with van der Waals surface area (Å²) in [4.78, 5) is 12.6. The number of carbonyl (C=O) groups is 1. The van der Waals surface area contributed by atoms with Gasteiger partial charge in [0, 0.05) is 37.3 Å². The largest absolute Gasteiger partial charge is 0.460 e. The minimum Gasteiger partial charge on any atom is -0.460 e. The molecule has 0 saturated heterocycles. The lowest BCUT2D eigenvalue weighted by atomic mass is 10.1. The van der Waals surface area contributed by atoms with Gasteiger partial charge in [-0.25, -0.2) is 4.68 Å². The molecule has 1 aromatic heterocycles. The number of hydrogen-bond acceptors (Lipinski definition) is 4. The van der Waals surface area contributed by atoms with Gasteiger partial charge in [-0.05, 0) is 58.6 Å². The fourth-order valence-corrected chi connectivity index (χ4v) is 3.51. The standard InChI is InChI=1S/C20H30F2N3P.C6H12O2/c1-5-12-24(13-11-15(3)6-2)19-14-16(4)25(23-19)18-9-7-17(8-10-18)20(21,22)26;1-5(7)8-6(2,3)4/h7-10,14-15H,5-6,11-13,26H2,1-4H3;1-4H3. The van der Waals surface area contributed by atoms with Gasteiger partial charge >= 0.3 is 5.97 Å². The lowest BCUT2D eigenvalue weighted by Crippen LogP contribution is -2.27. The molecule has 1 aromatic carbocycles. The van der Waals surface area contributed by atoms with Crippen molar-refractivity contribution in [3.63, 3.8) is 0 Å². The van der Waals surface area contributed by atoms with Gasteiger partial charge in [0.1, 0.15) is 5.60 Å². The molecule has 2 atom stereocenters. The molecule has 0 bridgehead atoms. The van der Waals surface area contributed by atoms with Gasteiger partial charge in [0.05, 0.1) is 5.69 Å². The van der Waals surface area contributed by atoms with E-state index >= 15 is 0 Å². The molecule has 0 fully saturated rings. The maximum absolute atomic E-state index is 13.4. The van der Waals surface area contributed by atoms with Crippen molar-refractivity contribution in [2.45, 2.75) is 85.9 Å². The predicted octanol–water partition coefficient (Wildman–Crippen LogP) is 7.11. The molecule has 0 aliphatic heterocycles. The zero-order valence-electron chi connectivity index (χ0n) is 22.0. The molecular weight excluding hydrogens is 455 g/mol. The summed E-state index contributed by atoms with van der Waals surface area (Å²) in [5.41, 5.74) is -1.46. The van der Waals surface area contributed by atoms with Crippen LogP contribution in [0.3, 0.4) is 0 Å². The summed E-state index contributed by atoms with van der Waals surface area (Å²) >= 11 is 0. The second-order valence-electron chi connectivity index (χ2n) is 9.72. The van der Waals surface area contributed by atoms with E-state index in [-0.39, 0.29) is 17.1 Å². The van der Waals surface area contributed by atoms with Crippen molar-refractivity contribution >= 4 is 21.0 Å². The predicted molar refractivity (Wildman–Crippen MR) is 140 cm³/mol. The summed E-state index contributed by atoms with van der Waals surface area (Å²) < 4.78 is 33.4. The normalized spacial score (nSPS) is 12.6. The van der Waals surface area contributed by atoms with E-state index in [1.54, 1.807) is 21.4 Å². The highest BCUT2D eigenvalue weighted by Gasteiger charge is 2.24. The summed E-state index contributed by atoms with van der Waals surface area (Å²) in [6, 6.07) is 8.37. The molecule has 1 heterocycles. The number of carbonyl (C=O) groups excluding carboxylic acids is 1. The zero-order chi connectivity index (χ0) is 26.1. The Morgan fingerprint density at radius 3 is 2.18 bits per heavy atom. The Bertz CT molecular complexity index is 887. The van der Waals surface area contributed by atoms with E-state index in [1.165, 1.54) is 25.5 Å². The van der Waals surface area contributed by atoms with Crippen LogP contribution in [0.1, 0.15) is 79.0 Å². The van der Waals surface area contributed by atoms with Gasteiger partial charge in [0.2, 0.25) is 0 Å². The fourth-order valence-electron chi connectivity index (χ4n) is 3.32. The van der Waals surface area contributed by atoms with Crippen LogP contribution in [0.2, 0.25) is 0 Å². The first-order valence-corrected chi connectivity index (χ1v) is 12.5. The monoisotopic (exact) mass is 497 g/mol. The van der Waals surface area contributed by atoms with E-state index in [9.17, 15) is 13.6 Å². The van der Waals surface area contributed by atoms with Crippen LogP contribution in [0.4, 0.5) is 14.6 Å². The van der Waals surface area contributed by atoms with Gasteiger partial charge < -0.3 is 9.64 Å². The average molecular weight is 498 g/mol. The van der Waals surface area contributed by atoms with Crippen LogP contribution >= 0.6 is 9.24 Å². The number of aromatic nitrogens is 2. The first-order valence-electron chi connectivity index (χ1n) is 12.0. The van der Waals surface area contributed by atoms with Crippen LogP contribution in [0.25, 0.3) is 5.69 Å². The van der Waals surface area contributed by atoms with Gasteiger partial charge in [0.15, 0.2) is 5.82 Å². The van der Waals surface area contributed by atoms with Crippen LogP contribution in [-0.2, 0) is 15.2 Å². The molecule has 0 amide bonds. The molecule has 0 aliphatic rings. The third-order valence-electron chi connectivity index (χ3n) is 5.23. The number of halogens is 2. The van der Waals surface area contributed by atoms with Crippen molar-refractivity contribution in [3.05, 3.63) is 41.6 Å². The summed E-state index contributed by atoms with van der Waals surface area (Å²) in [5.74, 6) is 1.42. The van der Waals surface area contributed by atoms with Crippen LogP contribution in [0.5, 0.6) is 0 Å². The summed E-state index contributed by atoms with van der Waals surface area (Å²) in [6.07, 6.45) is 3.38. The highest BCUT2D eigenvalue weighted by Crippen LogP contribution is 2.35. The molecule has 0 saturated carbocycles. The molecule has 2 rings (SSSR count). The maximum Gasteiger partial charge on any atom is 0.303 e. The molecule has 8 heteroatoms. The van der Waals surface area contributed by atoms with Crippen LogP contribution in [0.15, 0.2) is 30.3 Å². The molecule has 2 unspecified atom stereocenters. The van der Waals surface area contributed by atoms with Crippen molar-refractivity contribution in [3.8, 4) is 5.69 Å². The number of alkyl halides is 2. The lowest BCUT2D eigenvalue weighted by molar-refractivity contribution is -0.151. The van der Waals surface area contributed by atoms with Crippen LogP contribution in [-0.4, -0.2) is 34.4 Å². The maximum atomic E-state index is 13.4. The van der Waals surface area contributed by atoms with Gasteiger partial charge in [-0.3, -0.25) is 4.79 Å². The van der Waals surface area contributed by atoms with Crippen molar-refractivity contribution in [2.75, 3.05) is 18.0 Å². The van der Waals surface area contributed by atoms with Crippen LogP contribution in [0, 0.1) is 12.8 Å². The van der Waals surface area contributed by atoms with E-state index in [0.29, 0.717) is 5.92 Å². The molecule has 5 nitrogen and oxygen atoms in total. The highest BCUT2D eigenvalue weighted by atomic mass is 31.0. The third-order valence-corrected chi connectivity index (χ3v) is 5.56. The molecule has 0 aliphatic carbocycles. The van der Waals surface area contributed by atoms with E-state index < -0.39 is 5.66 Å². The lowest BCUT2D eigenvalue weighted by Gasteiger charge is -2.23. The van der Waals surface area contributed by atoms with Gasteiger partial charge in [-0.15, -0.1) is 0 Å². The number of ether oxygens (including phenoxy) is 1. The van der Waals surface area contributed by atoms with Gasteiger partial charge in [-0.2, -0.15) is 13.9 Å². The number of aryl methyl sites for hydroxylation is 1. The minimum atomic E-state index is -2.91. The number of rotatable bonds is 9. The smallest absolute Gasteiger partial charge is 0.303 e. The summed E-state index contributed by atoms with van der Waals surface area (Å²) in [7, 11) is 1.57. The van der Waals surface area contributed by atoms with Crippen LogP contribution < -0.4 is 4.90 Å². The second kappa shape index (κ2) is 13.2. The Morgan fingerprint density at radius 1 is 1.18 bits per heavy atom. The van der Waals surface area contributed by atoms with Crippen molar-refractivity contribution in [1.82, 2.24) is 9.78 Å². The van der Waals surface area contributed by atoms with E-state index in [1.807, 2.05) is 32.4 Å². The Hall–Kier alpha value is -2.01. The number of esters is 1. The van der Waals surface area contributed by atoms with Crippen molar-refractivity contribution in [1.29, 1.82) is 0 Å². The number of benzene rings is 1. The number of nitrogens with zero attached hydrogens (tertiary/aromatic N) is 3. The molecule has 0 spiro atoms. The molecule has 0 radical (unpaired) electrons. The van der Waals surface area contributed by atoms with Gasteiger partial charge in [0.25, 0.3) is 5.66 Å². The Balaban J connectivity index is 0.000000620. The fraction of sp³-hybridized carbons (Fsp3) is 0.615. The molecule has 192 valence electrons. The Labute approximate surface area is 206 Å². The Kier molecular flexibility index (Phi) is 11.6. The first kappa shape index (κ1) is 30.0. The quantitative estimate of drug-likeness (QED) is 0.274. The zero-order valence-corrected chi connectivity index (χ0v) is 23.1. The van der Waals surface area contributed by atoms with Gasteiger partial charge in [-0.1, -0.05) is 48.6 Å². The first-order chi connectivity index (χ1) is 15.7. The Morgan fingerprint density at radius 2 is 1.76 bits per heavy atom. The molecule has 0 N–H and O–H groups in total. The second-order valence-corrected chi connectivity index (χ2v) is 10.4. The highest BCUT2D eigenvalue weighted by molar-refractivity contribution is 7.17. The number of anilines is 1. The molecular formula is C26H42F2N3O2P. The minimum absolute atomic E-state index is 0.0163. The van der Waals surface area contributed by atoms with Crippen molar-refractivity contribution in [2.24, 2.45) is 5.92 Å². The van der Waals surface area contributed by atoms with E-state index in [0.717, 1.165) is 43.1 Å². The molecule has 34 heavy (non-hydrogen) atoms. The average Bonchev–Trinajstić information content (AvgIpc) is 3.10. The van der Waals surface area contributed by atoms with E-state index in [2.05, 4.69) is 31.7 Å². The van der Waals surface area contributed by atoms with Crippen molar-refractivity contribution < 1.29 is 18.3 Å². The summed E-state index contributed by atoms with van der Waals surface area (Å²) in [6.45, 7) is 17.5. The summed E-state index contributed by atoms with van der Waals surface area (Å²) in [5, 5.41) is 4.74. The van der Waals surface area contributed by atoms with E-state index in [4.69, 9.17) is 9.84 Å². The number of hydrogen-bond donors (Lipinski definition) is 0. The molecule has 2 aromatic rings. The SMILES string of the molecule is CC(=O)OC(C)(C)C.CCCN(CCC(C)CC)c1cc(C)n(-c2ccc(C(F)(F)P)cc2)n1. The third kappa shape index (κ3) is 10.5.